The van der Waals surface area contributed by atoms with Gasteiger partial charge in [0, 0.05) is 6.20 Å². The van der Waals surface area contributed by atoms with Crippen molar-refractivity contribution in [3.8, 4) is 5.75 Å². The van der Waals surface area contributed by atoms with Crippen LogP contribution in [0.3, 0.4) is 0 Å². The first-order valence-corrected chi connectivity index (χ1v) is 7.27. The van der Waals surface area contributed by atoms with Crippen LogP contribution >= 0.6 is 0 Å². The first kappa shape index (κ1) is 15.8. The minimum Gasteiger partial charge on any atom is -0.491 e. The second-order valence-electron chi connectivity index (χ2n) is 5.00. The van der Waals surface area contributed by atoms with Gasteiger partial charge in [0.1, 0.15) is 12.4 Å². The highest BCUT2D eigenvalue weighted by molar-refractivity contribution is 5.73. The summed E-state index contributed by atoms with van der Waals surface area (Å²) in [7, 11) is 0. The van der Waals surface area contributed by atoms with E-state index in [1.54, 1.807) is 6.20 Å². The number of aryl methyl sites for hydroxylation is 2. The number of pyridine rings is 1. The van der Waals surface area contributed by atoms with Crippen molar-refractivity contribution in [2.24, 2.45) is 0 Å². The number of para-hydroxylation sites is 1. The summed E-state index contributed by atoms with van der Waals surface area (Å²) < 4.78 is 5.73. The molecular formula is C17H21N3O2. The van der Waals surface area contributed by atoms with Crippen molar-refractivity contribution in [1.82, 2.24) is 15.6 Å². The number of carbonyl (C=O) groups excluding carboxylic acids is 1. The van der Waals surface area contributed by atoms with E-state index in [4.69, 9.17) is 4.74 Å². The first-order chi connectivity index (χ1) is 10.7. The van der Waals surface area contributed by atoms with E-state index in [-0.39, 0.29) is 6.03 Å². The molecule has 2 amide bonds. The maximum absolute atomic E-state index is 11.7. The van der Waals surface area contributed by atoms with Gasteiger partial charge in [-0.2, -0.15) is 0 Å². The summed E-state index contributed by atoms with van der Waals surface area (Å²) in [4.78, 5) is 15.8. The van der Waals surface area contributed by atoms with Crippen LogP contribution < -0.4 is 15.4 Å². The number of rotatable bonds is 6. The van der Waals surface area contributed by atoms with Crippen LogP contribution in [0.25, 0.3) is 0 Å². The number of amides is 2. The number of hydrogen-bond acceptors (Lipinski definition) is 3. The molecule has 0 fully saturated rings. The maximum atomic E-state index is 11.7. The minimum atomic E-state index is -0.226. The zero-order valence-electron chi connectivity index (χ0n) is 12.9. The molecule has 0 unspecified atom stereocenters. The SMILES string of the molecule is Cc1cccc(C)c1OCCNC(=O)NCc1ccccn1. The van der Waals surface area contributed by atoms with Gasteiger partial charge in [0.15, 0.2) is 0 Å². The van der Waals surface area contributed by atoms with Gasteiger partial charge in [-0.15, -0.1) is 0 Å². The van der Waals surface area contributed by atoms with Gasteiger partial charge in [0.2, 0.25) is 0 Å². The summed E-state index contributed by atoms with van der Waals surface area (Å²) in [5.74, 6) is 0.887. The van der Waals surface area contributed by atoms with Crippen LogP contribution in [-0.2, 0) is 6.54 Å². The fraction of sp³-hybridized carbons (Fsp3) is 0.294. The molecule has 0 atom stereocenters. The fourth-order valence-electron chi connectivity index (χ4n) is 2.08. The highest BCUT2D eigenvalue weighted by Crippen LogP contribution is 2.21. The molecule has 2 aromatic rings. The zero-order valence-corrected chi connectivity index (χ0v) is 12.9. The Bertz CT molecular complexity index is 594. The fourth-order valence-corrected chi connectivity index (χ4v) is 2.08. The quantitative estimate of drug-likeness (QED) is 0.806. The van der Waals surface area contributed by atoms with Crippen LogP contribution in [0, 0.1) is 13.8 Å². The molecule has 0 aliphatic rings. The van der Waals surface area contributed by atoms with Gasteiger partial charge in [-0.1, -0.05) is 24.3 Å². The van der Waals surface area contributed by atoms with Crippen molar-refractivity contribution in [1.29, 1.82) is 0 Å². The summed E-state index contributed by atoms with van der Waals surface area (Å²) >= 11 is 0. The Balaban J connectivity index is 1.67. The first-order valence-electron chi connectivity index (χ1n) is 7.27. The predicted molar refractivity (Wildman–Crippen MR) is 85.9 cm³/mol. The van der Waals surface area contributed by atoms with Crippen molar-refractivity contribution in [3.63, 3.8) is 0 Å². The third kappa shape index (κ3) is 4.77. The number of nitrogens with one attached hydrogen (secondary N) is 2. The molecule has 0 aliphatic heterocycles. The molecule has 2 rings (SSSR count). The number of aromatic nitrogens is 1. The highest BCUT2D eigenvalue weighted by atomic mass is 16.5. The normalized spacial score (nSPS) is 10.1. The van der Waals surface area contributed by atoms with Crippen LogP contribution in [0.1, 0.15) is 16.8 Å². The lowest BCUT2D eigenvalue weighted by Crippen LogP contribution is -2.37. The third-order valence-electron chi connectivity index (χ3n) is 3.20. The van der Waals surface area contributed by atoms with E-state index in [1.165, 1.54) is 0 Å². The van der Waals surface area contributed by atoms with Crippen molar-refractivity contribution in [3.05, 3.63) is 59.4 Å². The molecule has 1 aromatic carbocycles. The van der Waals surface area contributed by atoms with Gasteiger partial charge in [0.05, 0.1) is 18.8 Å². The lowest BCUT2D eigenvalue weighted by molar-refractivity contribution is 0.236. The zero-order chi connectivity index (χ0) is 15.8. The molecule has 0 spiro atoms. The molecule has 0 saturated heterocycles. The molecule has 0 saturated carbocycles. The predicted octanol–water partition coefficient (Wildman–Crippen LogP) is 2.58. The Hall–Kier alpha value is -2.56. The minimum absolute atomic E-state index is 0.226. The van der Waals surface area contributed by atoms with Crippen molar-refractivity contribution in [2.45, 2.75) is 20.4 Å². The average molecular weight is 299 g/mol. The summed E-state index contributed by atoms with van der Waals surface area (Å²) in [5, 5.41) is 5.51. The second-order valence-corrected chi connectivity index (χ2v) is 5.00. The molecule has 22 heavy (non-hydrogen) atoms. The second kappa shape index (κ2) is 8.02. The summed E-state index contributed by atoms with van der Waals surface area (Å²) in [6.45, 7) is 5.31. The number of ether oxygens (including phenoxy) is 1. The van der Waals surface area contributed by atoms with Gasteiger partial charge in [0.25, 0.3) is 0 Å². The molecular weight excluding hydrogens is 278 g/mol. The summed E-state index contributed by atoms with van der Waals surface area (Å²) in [6.07, 6.45) is 1.70. The van der Waals surface area contributed by atoms with E-state index in [2.05, 4.69) is 15.6 Å². The Morgan fingerprint density at radius 3 is 2.55 bits per heavy atom. The molecule has 5 nitrogen and oxygen atoms in total. The van der Waals surface area contributed by atoms with E-state index in [0.29, 0.717) is 19.7 Å². The van der Waals surface area contributed by atoms with Gasteiger partial charge in [-0.25, -0.2) is 4.79 Å². The molecule has 2 N–H and O–H groups in total. The van der Waals surface area contributed by atoms with E-state index in [9.17, 15) is 4.79 Å². The standard InChI is InChI=1S/C17H21N3O2/c1-13-6-5-7-14(2)16(13)22-11-10-19-17(21)20-12-15-8-3-4-9-18-15/h3-9H,10-12H2,1-2H3,(H2,19,20,21). The maximum Gasteiger partial charge on any atom is 0.315 e. The van der Waals surface area contributed by atoms with Crippen molar-refractivity contribution < 1.29 is 9.53 Å². The molecule has 1 aromatic heterocycles. The molecule has 116 valence electrons. The lowest BCUT2D eigenvalue weighted by Gasteiger charge is -2.12. The Labute approximate surface area is 130 Å². The van der Waals surface area contributed by atoms with E-state index >= 15 is 0 Å². The average Bonchev–Trinajstić information content (AvgIpc) is 2.53. The van der Waals surface area contributed by atoms with Gasteiger partial charge < -0.3 is 15.4 Å². The van der Waals surface area contributed by atoms with Crippen LogP contribution in [0.4, 0.5) is 4.79 Å². The number of carbonyl (C=O) groups is 1. The molecule has 0 bridgehead atoms. The van der Waals surface area contributed by atoms with E-state index in [1.807, 2.05) is 50.2 Å². The monoisotopic (exact) mass is 299 g/mol. The number of urea groups is 1. The smallest absolute Gasteiger partial charge is 0.315 e. The van der Waals surface area contributed by atoms with Gasteiger partial charge in [-0.3, -0.25) is 4.98 Å². The van der Waals surface area contributed by atoms with E-state index in [0.717, 1.165) is 22.6 Å². The third-order valence-corrected chi connectivity index (χ3v) is 3.20. The Morgan fingerprint density at radius 2 is 1.86 bits per heavy atom. The van der Waals surface area contributed by atoms with Crippen molar-refractivity contribution >= 4 is 6.03 Å². The Morgan fingerprint density at radius 1 is 1.09 bits per heavy atom. The van der Waals surface area contributed by atoms with E-state index < -0.39 is 0 Å². The van der Waals surface area contributed by atoms with Crippen LogP contribution in [-0.4, -0.2) is 24.2 Å². The summed E-state index contributed by atoms with van der Waals surface area (Å²) in [5.41, 5.74) is 3.02. The summed E-state index contributed by atoms with van der Waals surface area (Å²) in [6, 6.07) is 11.4. The molecule has 5 heteroatoms. The number of hydrogen-bond donors (Lipinski definition) is 2. The largest absolute Gasteiger partial charge is 0.491 e. The number of nitrogens with zero attached hydrogens (tertiary/aromatic N) is 1. The number of benzene rings is 1. The van der Waals surface area contributed by atoms with Crippen molar-refractivity contribution in [2.75, 3.05) is 13.2 Å². The molecule has 0 aliphatic carbocycles. The topological polar surface area (TPSA) is 63.2 Å². The lowest BCUT2D eigenvalue weighted by atomic mass is 10.1. The highest BCUT2D eigenvalue weighted by Gasteiger charge is 2.04. The molecule has 1 heterocycles. The van der Waals surface area contributed by atoms with Crippen LogP contribution in [0.2, 0.25) is 0 Å². The van der Waals surface area contributed by atoms with Crippen LogP contribution in [0.5, 0.6) is 5.75 Å². The van der Waals surface area contributed by atoms with Gasteiger partial charge >= 0.3 is 6.03 Å². The van der Waals surface area contributed by atoms with Crippen LogP contribution in [0.15, 0.2) is 42.6 Å². The van der Waals surface area contributed by atoms with Gasteiger partial charge in [-0.05, 0) is 37.1 Å². The molecule has 0 radical (unpaired) electrons. The Kier molecular flexibility index (Phi) is 5.77.